The van der Waals surface area contributed by atoms with Gasteiger partial charge >= 0.3 is 0 Å². The zero-order chi connectivity index (χ0) is 14.0. The molecule has 1 aromatic carbocycles. The van der Waals surface area contributed by atoms with Crippen LogP contribution in [0.5, 0.6) is 0 Å². The lowest BCUT2D eigenvalue weighted by Crippen LogP contribution is -2.44. The molecule has 3 heteroatoms. The van der Waals surface area contributed by atoms with Crippen molar-refractivity contribution in [3.05, 3.63) is 34.3 Å². The van der Waals surface area contributed by atoms with Crippen LogP contribution in [0.15, 0.2) is 18.2 Å². The van der Waals surface area contributed by atoms with E-state index in [0.717, 1.165) is 29.8 Å². The fourth-order valence-electron chi connectivity index (χ4n) is 3.05. The first-order valence-corrected chi connectivity index (χ1v) is 7.34. The molecule has 1 unspecified atom stereocenters. The highest BCUT2D eigenvalue weighted by Gasteiger charge is 2.38. The van der Waals surface area contributed by atoms with E-state index in [2.05, 4.69) is 31.3 Å². The van der Waals surface area contributed by atoms with Crippen LogP contribution in [0, 0.1) is 12.8 Å². The Morgan fingerprint density at radius 2 is 2.16 bits per heavy atom. The summed E-state index contributed by atoms with van der Waals surface area (Å²) in [5.41, 5.74) is 2.22. The van der Waals surface area contributed by atoms with Crippen LogP contribution in [-0.4, -0.2) is 11.4 Å². The normalized spacial score (nSPS) is 22.9. The van der Waals surface area contributed by atoms with Crippen molar-refractivity contribution in [2.75, 3.05) is 0 Å². The van der Waals surface area contributed by atoms with Crippen LogP contribution in [0.3, 0.4) is 0 Å². The third-order valence-corrected chi connectivity index (χ3v) is 4.22. The average Bonchev–Trinajstić information content (AvgIpc) is 2.64. The van der Waals surface area contributed by atoms with Crippen LogP contribution in [0.2, 0.25) is 5.02 Å². The molecule has 1 aromatic rings. The molecule has 0 bridgehead atoms. The van der Waals surface area contributed by atoms with Crippen LogP contribution >= 0.6 is 11.6 Å². The molecule has 0 aromatic heterocycles. The quantitative estimate of drug-likeness (QED) is 0.890. The van der Waals surface area contributed by atoms with Crippen molar-refractivity contribution in [1.29, 1.82) is 0 Å². The Labute approximate surface area is 120 Å². The maximum atomic E-state index is 11.6. The summed E-state index contributed by atoms with van der Waals surface area (Å²) in [5, 5.41) is 4.01. The van der Waals surface area contributed by atoms with E-state index in [-0.39, 0.29) is 11.4 Å². The van der Waals surface area contributed by atoms with Crippen molar-refractivity contribution in [2.24, 2.45) is 5.92 Å². The largest absolute Gasteiger partial charge is 0.350 e. The summed E-state index contributed by atoms with van der Waals surface area (Å²) in [7, 11) is 0. The molecule has 1 fully saturated rings. The number of benzene rings is 1. The number of aryl methyl sites for hydroxylation is 1. The number of carbonyl (C=O) groups excluding carboxylic acids is 1. The minimum Gasteiger partial charge on any atom is -0.350 e. The molecule has 1 saturated heterocycles. The van der Waals surface area contributed by atoms with Gasteiger partial charge in [0.25, 0.3) is 0 Å². The SMILES string of the molecule is Cc1ccc(CC2(CC(C)C)CCC(=O)N2)cc1Cl. The molecule has 1 N–H and O–H groups in total. The molecule has 1 aliphatic rings. The summed E-state index contributed by atoms with van der Waals surface area (Å²) in [4.78, 5) is 11.6. The first-order valence-electron chi connectivity index (χ1n) is 6.96. The van der Waals surface area contributed by atoms with Crippen molar-refractivity contribution < 1.29 is 4.79 Å². The number of hydrogen-bond donors (Lipinski definition) is 1. The fourth-order valence-corrected chi connectivity index (χ4v) is 3.25. The lowest BCUT2D eigenvalue weighted by molar-refractivity contribution is -0.119. The van der Waals surface area contributed by atoms with Gasteiger partial charge in [-0.25, -0.2) is 0 Å². The van der Waals surface area contributed by atoms with E-state index < -0.39 is 0 Å². The van der Waals surface area contributed by atoms with Gasteiger partial charge in [-0.15, -0.1) is 0 Å². The van der Waals surface area contributed by atoms with E-state index in [4.69, 9.17) is 11.6 Å². The monoisotopic (exact) mass is 279 g/mol. The first-order chi connectivity index (χ1) is 8.90. The Bertz CT molecular complexity index is 484. The lowest BCUT2D eigenvalue weighted by atomic mass is 9.82. The van der Waals surface area contributed by atoms with E-state index in [0.29, 0.717) is 12.3 Å². The van der Waals surface area contributed by atoms with Crippen LogP contribution in [0.4, 0.5) is 0 Å². The van der Waals surface area contributed by atoms with Gasteiger partial charge in [0.15, 0.2) is 0 Å². The van der Waals surface area contributed by atoms with Gasteiger partial charge < -0.3 is 5.32 Å². The van der Waals surface area contributed by atoms with E-state index >= 15 is 0 Å². The van der Waals surface area contributed by atoms with Crippen molar-refractivity contribution >= 4 is 17.5 Å². The van der Waals surface area contributed by atoms with Crippen LogP contribution in [0.25, 0.3) is 0 Å². The molecule has 0 radical (unpaired) electrons. The number of halogens is 1. The Hall–Kier alpha value is -1.02. The van der Waals surface area contributed by atoms with Gasteiger partial charge in [-0.05, 0) is 49.3 Å². The second-order valence-electron chi connectivity index (χ2n) is 6.19. The smallest absolute Gasteiger partial charge is 0.220 e. The van der Waals surface area contributed by atoms with Gasteiger partial charge in [0.1, 0.15) is 0 Å². The molecule has 0 aliphatic carbocycles. The van der Waals surface area contributed by atoms with E-state index in [9.17, 15) is 4.79 Å². The maximum Gasteiger partial charge on any atom is 0.220 e. The van der Waals surface area contributed by atoms with Crippen LogP contribution < -0.4 is 5.32 Å². The Morgan fingerprint density at radius 3 is 2.68 bits per heavy atom. The Morgan fingerprint density at radius 1 is 1.42 bits per heavy atom. The molecule has 2 nitrogen and oxygen atoms in total. The molecular formula is C16H22ClNO. The highest BCUT2D eigenvalue weighted by Crippen LogP contribution is 2.32. The zero-order valence-electron chi connectivity index (χ0n) is 11.9. The maximum absolute atomic E-state index is 11.6. The van der Waals surface area contributed by atoms with Crippen molar-refractivity contribution in [3.8, 4) is 0 Å². The summed E-state index contributed by atoms with van der Waals surface area (Å²) in [6.45, 7) is 6.41. The zero-order valence-corrected chi connectivity index (χ0v) is 12.7. The minimum absolute atomic E-state index is 0.0795. The summed E-state index contributed by atoms with van der Waals surface area (Å²) in [6, 6.07) is 6.20. The predicted molar refractivity (Wildman–Crippen MR) is 79.5 cm³/mol. The molecular weight excluding hydrogens is 258 g/mol. The molecule has 1 heterocycles. The first kappa shape index (κ1) is 14.4. The Kier molecular flexibility index (Phi) is 4.19. The van der Waals surface area contributed by atoms with Crippen molar-refractivity contribution in [3.63, 3.8) is 0 Å². The van der Waals surface area contributed by atoms with Crippen LogP contribution in [-0.2, 0) is 11.2 Å². The molecule has 1 amide bonds. The van der Waals surface area contributed by atoms with Gasteiger partial charge in [-0.3, -0.25) is 4.79 Å². The fraction of sp³-hybridized carbons (Fsp3) is 0.562. The second kappa shape index (κ2) is 5.54. The third-order valence-electron chi connectivity index (χ3n) is 3.81. The molecule has 1 atom stereocenters. The minimum atomic E-state index is -0.0795. The number of carbonyl (C=O) groups is 1. The standard InChI is InChI=1S/C16H22ClNO/c1-11(2)9-16(7-6-15(19)18-16)10-13-5-4-12(3)14(17)8-13/h4-5,8,11H,6-7,9-10H2,1-3H3,(H,18,19). The molecule has 0 saturated carbocycles. The average molecular weight is 280 g/mol. The summed E-state index contributed by atoms with van der Waals surface area (Å²) < 4.78 is 0. The Balaban J connectivity index is 2.20. The van der Waals surface area contributed by atoms with Gasteiger partial charge in [0.2, 0.25) is 5.91 Å². The highest BCUT2D eigenvalue weighted by atomic mass is 35.5. The van der Waals surface area contributed by atoms with Crippen LogP contribution in [0.1, 0.15) is 44.2 Å². The number of nitrogens with one attached hydrogen (secondary N) is 1. The summed E-state index contributed by atoms with van der Waals surface area (Å²) in [5.74, 6) is 0.748. The number of hydrogen-bond acceptors (Lipinski definition) is 1. The topological polar surface area (TPSA) is 29.1 Å². The summed E-state index contributed by atoms with van der Waals surface area (Å²) >= 11 is 6.19. The molecule has 0 spiro atoms. The van der Waals surface area contributed by atoms with E-state index in [1.165, 1.54) is 5.56 Å². The van der Waals surface area contributed by atoms with Crippen molar-refractivity contribution in [2.45, 2.75) is 52.0 Å². The number of amides is 1. The van der Waals surface area contributed by atoms with E-state index in [1.54, 1.807) is 0 Å². The second-order valence-corrected chi connectivity index (χ2v) is 6.59. The van der Waals surface area contributed by atoms with E-state index in [1.807, 2.05) is 13.0 Å². The van der Waals surface area contributed by atoms with Crippen molar-refractivity contribution in [1.82, 2.24) is 5.32 Å². The molecule has 1 aliphatic heterocycles. The van der Waals surface area contributed by atoms with Gasteiger partial charge in [0.05, 0.1) is 0 Å². The molecule has 104 valence electrons. The molecule has 19 heavy (non-hydrogen) atoms. The number of rotatable bonds is 4. The summed E-state index contributed by atoms with van der Waals surface area (Å²) in [6.07, 6.45) is 3.46. The predicted octanol–water partition coefficient (Wildman–Crippen LogP) is 3.89. The van der Waals surface area contributed by atoms with Gasteiger partial charge in [-0.2, -0.15) is 0 Å². The lowest BCUT2D eigenvalue weighted by Gasteiger charge is -2.31. The third kappa shape index (κ3) is 3.50. The highest BCUT2D eigenvalue weighted by molar-refractivity contribution is 6.31. The molecule has 2 rings (SSSR count). The van der Waals surface area contributed by atoms with Gasteiger partial charge in [-0.1, -0.05) is 37.6 Å². The van der Waals surface area contributed by atoms with Gasteiger partial charge in [0, 0.05) is 17.0 Å².